The molecule has 2 N–H and O–H groups in total. The Morgan fingerprint density at radius 3 is 2.56 bits per heavy atom. The number of nitrogens with zero attached hydrogens (tertiary/aromatic N) is 1. The van der Waals surface area contributed by atoms with Gasteiger partial charge in [-0.15, -0.1) is 0 Å². The van der Waals surface area contributed by atoms with Crippen molar-refractivity contribution in [2.75, 3.05) is 25.9 Å². The van der Waals surface area contributed by atoms with E-state index >= 15 is 0 Å². The van der Waals surface area contributed by atoms with Crippen LogP contribution in [0, 0.1) is 5.92 Å². The molecule has 0 aromatic heterocycles. The average Bonchev–Trinajstić information content (AvgIpc) is 2.30. The van der Waals surface area contributed by atoms with Crippen LogP contribution in [0.5, 0.6) is 0 Å². The topological polar surface area (TPSA) is 46.3 Å². The highest BCUT2D eigenvalue weighted by Gasteiger charge is 2.25. The van der Waals surface area contributed by atoms with Crippen molar-refractivity contribution in [2.45, 2.75) is 12.8 Å². The van der Waals surface area contributed by atoms with Crippen LogP contribution in [-0.4, -0.2) is 30.8 Å². The molecule has 1 fully saturated rings. The second-order valence-corrected chi connectivity index (χ2v) is 4.53. The van der Waals surface area contributed by atoms with Gasteiger partial charge in [0.25, 0.3) is 0 Å². The van der Waals surface area contributed by atoms with E-state index in [0.29, 0.717) is 11.3 Å². The number of nitrogens with two attached hydrogens (primary N) is 1. The number of carbonyl (C=O) groups excluding carboxylic acids is 1. The first-order chi connectivity index (χ1) is 7.68. The monoisotopic (exact) mass is 218 g/mol. The average molecular weight is 218 g/mol. The molecule has 0 atom stereocenters. The van der Waals surface area contributed by atoms with E-state index in [4.69, 9.17) is 5.73 Å². The van der Waals surface area contributed by atoms with Gasteiger partial charge in [0.15, 0.2) is 5.78 Å². The van der Waals surface area contributed by atoms with Crippen molar-refractivity contribution in [3.8, 4) is 0 Å². The number of ketones is 1. The molecule has 1 aromatic carbocycles. The van der Waals surface area contributed by atoms with Crippen molar-refractivity contribution in [1.82, 2.24) is 4.90 Å². The number of carbonyl (C=O) groups is 1. The summed E-state index contributed by atoms with van der Waals surface area (Å²) in [6.45, 7) is 2.01. The van der Waals surface area contributed by atoms with Gasteiger partial charge in [0.05, 0.1) is 0 Å². The molecule has 1 heterocycles. The summed E-state index contributed by atoms with van der Waals surface area (Å²) in [5.41, 5.74) is 7.12. The minimum absolute atomic E-state index is 0.154. The molecule has 0 amide bonds. The van der Waals surface area contributed by atoms with E-state index in [1.54, 1.807) is 6.07 Å². The van der Waals surface area contributed by atoms with Crippen LogP contribution < -0.4 is 5.73 Å². The highest BCUT2D eigenvalue weighted by molar-refractivity contribution is 6.02. The lowest BCUT2D eigenvalue weighted by atomic mass is 9.88. The van der Waals surface area contributed by atoms with E-state index in [2.05, 4.69) is 11.9 Å². The SMILES string of the molecule is CN1CCC(C(=O)c2ccccc2N)CC1. The smallest absolute Gasteiger partial charge is 0.168 e. The number of benzene rings is 1. The molecule has 3 heteroatoms. The fourth-order valence-corrected chi connectivity index (χ4v) is 2.21. The van der Waals surface area contributed by atoms with E-state index in [1.165, 1.54) is 0 Å². The van der Waals surface area contributed by atoms with E-state index in [-0.39, 0.29) is 11.7 Å². The third-order valence-electron chi connectivity index (χ3n) is 3.32. The van der Waals surface area contributed by atoms with Crippen molar-refractivity contribution >= 4 is 11.5 Å². The van der Waals surface area contributed by atoms with Crippen molar-refractivity contribution < 1.29 is 4.79 Å². The molecule has 0 bridgehead atoms. The third kappa shape index (κ3) is 2.25. The standard InChI is InChI=1S/C13H18N2O/c1-15-8-6-10(7-9-15)13(16)11-4-2-3-5-12(11)14/h2-5,10H,6-9,14H2,1H3. The van der Waals surface area contributed by atoms with E-state index in [1.807, 2.05) is 18.2 Å². The van der Waals surface area contributed by atoms with Gasteiger partial charge < -0.3 is 10.6 Å². The summed E-state index contributed by atoms with van der Waals surface area (Å²) in [5, 5.41) is 0. The maximum atomic E-state index is 12.2. The molecule has 0 saturated carbocycles. The number of anilines is 1. The van der Waals surface area contributed by atoms with Crippen LogP contribution in [0.4, 0.5) is 5.69 Å². The number of para-hydroxylation sites is 1. The lowest BCUT2D eigenvalue weighted by Gasteiger charge is -2.28. The number of hydrogen-bond donors (Lipinski definition) is 1. The molecule has 0 radical (unpaired) electrons. The van der Waals surface area contributed by atoms with Crippen LogP contribution in [0.2, 0.25) is 0 Å². The Hall–Kier alpha value is -1.35. The van der Waals surface area contributed by atoms with Gasteiger partial charge in [0, 0.05) is 17.2 Å². The molecule has 0 aliphatic carbocycles. The first-order valence-electron chi connectivity index (χ1n) is 5.75. The maximum Gasteiger partial charge on any atom is 0.168 e. The number of piperidine rings is 1. The summed E-state index contributed by atoms with van der Waals surface area (Å²) < 4.78 is 0. The van der Waals surface area contributed by atoms with Gasteiger partial charge in [-0.1, -0.05) is 12.1 Å². The molecule has 2 rings (SSSR count). The van der Waals surface area contributed by atoms with Gasteiger partial charge in [0.1, 0.15) is 0 Å². The van der Waals surface area contributed by atoms with Crippen molar-refractivity contribution in [1.29, 1.82) is 0 Å². The molecule has 1 saturated heterocycles. The molecule has 1 aliphatic heterocycles. The zero-order valence-corrected chi connectivity index (χ0v) is 9.65. The van der Waals surface area contributed by atoms with Gasteiger partial charge in [-0.3, -0.25) is 4.79 Å². The summed E-state index contributed by atoms with van der Waals surface area (Å²) in [6.07, 6.45) is 1.90. The van der Waals surface area contributed by atoms with Crippen LogP contribution in [0.1, 0.15) is 23.2 Å². The minimum atomic E-state index is 0.154. The van der Waals surface area contributed by atoms with Crippen LogP contribution in [-0.2, 0) is 0 Å². The molecule has 3 nitrogen and oxygen atoms in total. The Balaban J connectivity index is 2.11. The van der Waals surface area contributed by atoms with Gasteiger partial charge in [-0.2, -0.15) is 0 Å². The Bertz CT molecular complexity index is 381. The number of likely N-dealkylation sites (tertiary alicyclic amines) is 1. The lowest BCUT2D eigenvalue weighted by molar-refractivity contribution is 0.0858. The minimum Gasteiger partial charge on any atom is -0.398 e. The van der Waals surface area contributed by atoms with E-state index in [0.717, 1.165) is 25.9 Å². The Kier molecular flexibility index (Phi) is 3.25. The molecule has 86 valence electrons. The summed E-state index contributed by atoms with van der Waals surface area (Å²) in [4.78, 5) is 14.5. The molecule has 0 unspecified atom stereocenters. The first-order valence-corrected chi connectivity index (χ1v) is 5.75. The predicted octanol–water partition coefficient (Wildman–Crippen LogP) is 1.79. The highest BCUT2D eigenvalue weighted by atomic mass is 16.1. The highest BCUT2D eigenvalue weighted by Crippen LogP contribution is 2.23. The summed E-state index contributed by atoms with van der Waals surface area (Å²) in [5.74, 6) is 0.368. The fraction of sp³-hybridized carbons (Fsp3) is 0.462. The van der Waals surface area contributed by atoms with Gasteiger partial charge >= 0.3 is 0 Å². The summed E-state index contributed by atoms with van der Waals surface area (Å²) in [6, 6.07) is 7.36. The zero-order valence-electron chi connectivity index (χ0n) is 9.65. The predicted molar refractivity (Wildman–Crippen MR) is 65.4 cm³/mol. The second kappa shape index (κ2) is 4.66. The quantitative estimate of drug-likeness (QED) is 0.608. The first kappa shape index (κ1) is 11.1. The third-order valence-corrected chi connectivity index (χ3v) is 3.32. The van der Waals surface area contributed by atoms with E-state index < -0.39 is 0 Å². The summed E-state index contributed by atoms with van der Waals surface area (Å²) >= 11 is 0. The Labute approximate surface area is 96.2 Å². The number of rotatable bonds is 2. The van der Waals surface area contributed by atoms with Crippen LogP contribution in [0.15, 0.2) is 24.3 Å². The molecule has 0 spiro atoms. The van der Waals surface area contributed by atoms with Gasteiger partial charge in [0.2, 0.25) is 0 Å². The molecular weight excluding hydrogens is 200 g/mol. The van der Waals surface area contributed by atoms with Crippen LogP contribution >= 0.6 is 0 Å². The van der Waals surface area contributed by atoms with Crippen molar-refractivity contribution in [3.05, 3.63) is 29.8 Å². The molecule has 16 heavy (non-hydrogen) atoms. The van der Waals surface area contributed by atoms with Crippen LogP contribution in [0.25, 0.3) is 0 Å². The fourth-order valence-electron chi connectivity index (χ4n) is 2.21. The Morgan fingerprint density at radius 2 is 1.94 bits per heavy atom. The number of Topliss-reactive ketones (excluding diaryl/α,β-unsaturated/α-hetero) is 1. The number of hydrogen-bond acceptors (Lipinski definition) is 3. The normalized spacial score (nSPS) is 18.6. The van der Waals surface area contributed by atoms with E-state index in [9.17, 15) is 4.79 Å². The molecular formula is C13H18N2O. The zero-order chi connectivity index (χ0) is 11.5. The largest absolute Gasteiger partial charge is 0.398 e. The maximum absolute atomic E-state index is 12.2. The molecule has 1 aliphatic rings. The lowest BCUT2D eigenvalue weighted by Crippen LogP contribution is -2.33. The second-order valence-electron chi connectivity index (χ2n) is 4.53. The summed E-state index contributed by atoms with van der Waals surface area (Å²) in [7, 11) is 2.09. The number of nitrogen functional groups attached to an aromatic ring is 1. The molecule has 1 aromatic rings. The van der Waals surface area contributed by atoms with Crippen molar-refractivity contribution in [2.24, 2.45) is 5.92 Å². The van der Waals surface area contributed by atoms with Crippen LogP contribution in [0.3, 0.4) is 0 Å². The van der Waals surface area contributed by atoms with Gasteiger partial charge in [-0.05, 0) is 45.1 Å². The van der Waals surface area contributed by atoms with Gasteiger partial charge in [-0.25, -0.2) is 0 Å². The van der Waals surface area contributed by atoms with Crippen molar-refractivity contribution in [3.63, 3.8) is 0 Å². The Morgan fingerprint density at radius 1 is 1.31 bits per heavy atom.